The number of aromatic nitrogens is 1. The van der Waals surface area contributed by atoms with E-state index in [1.807, 2.05) is 30.5 Å². The molecule has 2 heterocycles. The molecule has 0 aliphatic carbocycles. The van der Waals surface area contributed by atoms with Gasteiger partial charge < -0.3 is 20.1 Å². The summed E-state index contributed by atoms with van der Waals surface area (Å²) in [5, 5.41) is 3.86. The summed E-state index contributed by atoms with van der Waals surface area (Å²) in [5.41, 5.74) is 2.01. The van der Waals surface area contributed by atoms with Gasteiger partial charge in [0.05, 0.1) is 0 Å². The molecule has 0 radical (unpaired) electrons. The number of para-hydroxylation sites is 1. The second kappa shape index (κ2) is 8.24. The Labute approximate surface area is 158 Å². The van der Waals surface area contributed by atoms with Gasteiger partial charge in [-0.15, -0.1) is 0 Å². The summed E-state index contributed by atoms with van der Waals surface area (Å²) in [4.78, 5) is 43.2. The first-order chi connectivity index (χ1) is 13.0. The fraction of sp³-hybridized carbons (Fsp3) is 0.450. The van der Waals surface area contributed by atoms with Crippen LogP contribution in [0.2, 0.25) is 0 Å². The maximum atomic E-state index is 13.1. The molecule has 0 saturated carbocycles. The molecule has 0 bridgehead atoms. The number of fused-ring (bicyclic) bond motifs is 1. The molecule has 1 aromatic heterocycles. The van der Waals surface area contributed by atoms with Crippen molar-refractivity contribution in [1.29, 1.82) is 0 Å². The van der Waals surface area contributed by atoms with Crippen LogP contribution in [0.1, 0.15) is 25.8 Å². The molecule has 1 atom stereocenters. The van der Waals surface area contributed by atoms with E-state index >= 15 is 0 Å². The number of H-pyrrole nitrogens is 1. The molecule has 0 spiro atoms. The highest BCUT2D eigenvalue weighted by Crippen LogP contribution is 2.20. The number of amides is 3. The lowest BCUT2D eigenvalue weighted by molar-refractivity contribution is -0.136. The van der Waals surface area contributed by atoms with Crippen molar-refractivity contribution in [2.24, 2.45) is 0 Å². The van der Waals surface area contributed by atoms with E-state index < -0.39 is 6.04 Å². The highest BCUT2D eigenvalue weighted by atomic mass is 16.2. The Balaban J connectivity index is 1.76. The smallest absolute Gasteiger partial charge is 0.245 e. The zero-order valence-electron chi connectivity index (χ0n) is 15.8. The third kappa shape index (κ3) is 4.48. The van der Waals surface area contributed by atoms with Crippen LogP contribution in [0.15, 0.2) is 30.5 Å². The van der Waals surface area contributed by atoms with Crippen LogP contribution in [0, 0.1) is 0 Å². The van der Waals surface area contributed by atoms with E-state index in [9.17, 15) is 14.4 Å². The van der Waals surface area contributed by atoms with E-state index in [0.717, 1.165) is 22.9 Å². The summed E-state index contributed by atoms with van der Waals surface area (Å²) in [6.07, 6.45) is 3.06. The molecule has 2 N–H and O–H groups in total. The Kier molecular flexibility index (Phi) is 5.78. The van der Waals surface area contributed by atoms with Gasteiger partial charge in [0.2, 0.25) is 17.7 Å². The number of nitrogens with zero attached hydrogens (tertiary/aromatic N) is 2. The average molecular weight is 370 g/mol. The van der Waals surface area contributed by atoms with Gasteiger partial charge in [0, 0.05) is 63.5 Å². The Morgan fingerprint density at radius 2 is 1.78 bits per heavy atom. The Morgan fingerprint density at radius 1 is 1.07 bits per heavy atom. The van der Waals surface area contributed by atoms with Gasteiger partial charge in [-0.3, -0.25) is 14.4 Å². The van der Waals surface area contributed by atoms with Crippen LogP contribution in [0.25, 0.3) is 10.9 Å². The van der Waals surface area contributed by atoms with Gasteiger partial charge >= 0.3 is 0 Å². The molecule has 144 valence electrons. The van der Waals surface area contributed by atoms with E-state index in [-0.39, 0.29) is 17.7 Å². The fourth-order valence-electron chi connectivity index (χ4n) is 3.64. The van der Waals surface area contributed by atoms with E-state index in [2.05, 4.69) is 10.3 Å². The van der Waals surface area contributed by atoms with Crippen molar-refractivity contribution < 1.29 is 14.4 Å². The minimum absolute atomic E-state index is 0.0292. The average Bonchev–Trinajstić information content (AvgIpc) is 2.87. The number of carbonyl (C=O) groups excluding carboxylic acids is 3. The molecular formula is C20H26N4O3. The SMILES string of the molecule is CC(=O)NC(Cc1c[nH]c2ccccc12)C(=O)N1CCCN(C(C)=O)CC1. The lowest BCUT2D eigenvalue weighted by Crippen LogP contribution is -2.50. The van der Waals surface area contributed by atoms with Crippen molar-refractivity contribution in [3.8, 4) is 0 Å². The van der Waals surface area contributed by atoms with Gasteiger partial charge in [0.15, 0.2) is 0 Å². The van der Waals surface area contributed by atoms with E-state index in [1.165, 1.54) is 6.92 Å². The van der Waals surface area contributed by atoms with Crippen LogP contribution < -0.4 is 5.32 Å². The Hall–Kier alpha value is -2.83. The molecule has 3 rings (SSSR count). The molecule has 1 aliphatic rings. The molecule has 1 saturated heterocycles. The van der Waals surface area contributed by atoms with Crippen LogP contribution in [0.4, 0.5) is 0 Å². The normalized spacial score (nSPS) is 16.1. The van der Waals surface area contributed by atoms with Crippen LogP contribution in [0.5, 0.6) is 0 Å². The van der Waals surface area contributed by atoms with Crippen molar-refractivity contribution in [3.63, 3.8) is 0 Å². The van der Waals surface area contributed by atoms with Gasteiger partial charge in [-0.25, -0.2) is 0 Å². The number of hydrogen-bond donors (Lipinski definition) is 2. The second-order valence-electron chi connectivity index (χ2n) is 7.00. The zero-order chi connectivity index (χ0) is 19.4. The molecular weight excluding hydrogens is 344 g/mol. The molecule has 7 heteroatoms. The molecule has 1 unspecified atom stereocenters. The maximum absolute atomic E-state index is 13.1. The lowest BCUT2D eigenvalue weighted by atomic mass is 10.0. The molecule has 27 heavy (non-hydrogen) atoms. The molecule has 2 aromatic rings. The number of carbonyl (C=O) groups is 3. The topological polar surface area (TPSA) is 85.5 Å². The van der Waals surface area contributed by atoms with Gasteiger partial charge in [-0.1, -0.05) is 18.2 Å². The van der Waals surface area contributed by atoms with Crippen molar-refractivity contribution >= 4 is 28.6 Å². The summed E-state index contributed by atoms with van der Waals surface area (Å²) in [6.45, 7) is 5.24. The van der Waals surface area contributed by atoms with Crippen LogP contribution in [-0.2, 0) is 20.8 Å². The molecule has 7 nitrogen and oxygen atoms in total. The largest absolute Gasteiger partial charge is 0.361 e. The Bertz CT molecular complexity index is 845. The van der Waals surface area contributed by atoms with E-state index in [4.69, 9.17) is 0 Å². The summed E-state index contributed by atoms with van der Waals surface area (Å²) >= 11 is 0. The molecule has 1 fully saturated rings. The third-order valence-corrected chi connectivity index (χ3v) is 5.03. The van der Waals surface area contributed by atoms with E-state index in [0.29, 0.717) is 32.6 Å². The highest BCUT2D eigenvalue weighted by Gasteiger charge is 2.28. The second-order valence-corrected chi connectivity index (χ2v) is 7.00. The third-order valence-electron chi connectivity index (χ3n) is 5.03. The summed E-state index contributed by atoms with van der Waals surface area (Å²) < 4.78 is 0. The number of aromatic amines is 1. The standard InChI is InChI=1S/C20H26N4O3/c1-14(25)22-19(12-16-13-21-18-7-4-3-6-17(16)18)20(27)24-9-5-8-23(10-11-24)15(2)26/h3-4,6-7,13,19,21H,5,8-12H2,1-2H3,(H,22,25). The molecule has 3 amide bonds. The summed E-state index contributed by atoms with van der Waals surface area (Å²) in [7, 11) is 0. The van der Waals surface area contributed by atoms with Gasteiger partial charge in [0.25, 0.3) is 0 Å². The predicted octanol–water partition coefficient (Wildman–Crippen LogP) is 1.30. The monoisotopic (exact) mass is 370 g/mol. The Morgan fingerprint density at radius 3 is 2.52 bits per heavy atom. The minimum Gasteiger partial charge on any atom is -0.361 e. The van der Waals surface area contributed by atoms with Gasteiger partial charge in [0.1, 0.15) is 6.04 Å². The first-order valence-corrected chi connectivity index (χ1v) is 9.32. The first kappa shape index (κ1) is 18.9. The van der Waals surface area contributed by atoms with Crippen LogP contribution in [0.3, 0.4) is 0 Å². The predicted molar refractivity (Wildman–Crippen MR) is 103 cm³/mol. The number of rotatable bonds is 4. The van der Waals surface area contributed by atoms with Crippen molar-refractivity contribution in [1.82, 2.24) is 20.1 Å². The summed E-state index contributed by atoms with van der Waals surface area (Å²) in [5.74, 6) is -0.296. The van der Waals surface area contributed by atoms with Crippen molar-refractivity contribution in [2.75, 3.05) is 26.2 Å². The van der Waals surface area contributed by atoms with Crippen molar-refractivity contribution in [2.45, 2.75) is 32.7 Å². The minimum atomic E-state index is -0.620. The number of nitrogens with one attached hydrogen (secondary N) is 2. The molecule has 1 aliphatic heterocycles. The summed E-state index contributed by atoms with van der Waals surface area (Å²) in [6, 6.07) is 7.29. The first-order valence-electron chi connectivity index (χ1n) is 9.32. The molecule has 1 aromatic carbocycles. The maximum Gasteiger partial charge on any atom is 0.245 e. The number of hydrogen-bond acceptors (Lipinski definition) is 3. The highest BCUT2D eigenvalue weighted by molar-refractivity contribution is 5.89. The van der Waals surface area contributed by atoms with Crippen molar-refractivity contribution in [3.05, 3.63) is 36.0 Å². The zero-order valence-corrected chi connectivity index (χ0v) is 15.8. The quantitative estimate of drug-likeness (QED) is 0.851. The van der Waals surface area contributed by atoms with E-state index in [1.54, 1.807) is 16.7 Å². The lowest BCUT2D eigenvalue weighted by Gasteiger charge is -2.26. The van der Waals surface area contributed by atoms with Crippen LogP contribution in [-0.4, -0.2) is 64.7 Å². The number of benzene rings is 1. The van der Waals surface area contributed by atoms with Gasteiger partial charge in [-0.05, 0) is 18.1 Å². The van der Waals surface area contributed by atoms with Gasteiger partial charge in [-0.2, -0.15) is 0 Å². The van der Waals surface area contributed by atoms with Crippen LogP contribution >= 0.6 is 0 Å². The fourth-order valence-corrected chi connectivity index (χ4v) is 3.64.